The Labute approximate surface area is 69.9 Å². The van der Waals surface area contributed by atoms with Gasteiger partial charge >= 0.3 is 0 Å². The van der Waals surface area contributed by atoms with Crippen molar-refractivity contribution in [2.24, 2.45) is 5.92 Å². The van der Waals surface area contributed by atoms with Crippen molar-refractivity contribution < 1.29 is 0 Å². The SMILES string of the molecule is C=CCNC(C)CC1CCC1. The van der Waals surface area contributed by atoms with Crippen molar-refractivity contribution in [2.75, 3.05) is 6.54 Å². The first-order valence-electron chi connectivity index (χ1n) is 4.67. The van der Waals surface area contributed by atoms with Crippen LogP contribution < -0.4 is 5.32 Å². The van der Waals surface area contributed by atoms with Crippen LogP contribution in [-0.4, -0.2) is 12.6 Å². The van der Waals surface area contributed by atoms with Gasteiger partial charge in [-0.3, -0.25) is 0 Å². The number of hydrogen-bond donors (Lipinski definition) is 1. The highest BCUT2D eigenvalue weighted by molar-refractivity contribution is 4.77. The molecule has 11 heavy (non-hydrogen) atoms. The first kappa shape index (κ1) is 8.79. The monoisotopic (exact) mass is 153 g/mol. The fraction of sp³-hybridized carbons (Fsp3) is 0.800. The van der Waals surface area contributed by atoms with Crippen LogP contribution in [0.3, 0.4) is 0 Å². The lowest BCUT2D eigenvalue weighted by Crippen LogP contribution is -2.30. The Balaban J connectivity index is 1.99. The Morgan fingerprint density at radius 1 is 1.64 bits per heavy atom. The molecule has 0 bridgehead atoms. The van der Waals surface area contributed by atoms with Crippen molar-refractivity contribution in [3.8, 4) is 0 Å². The van der Waals surface area contributed by atoms with Crippen molar-refractivity contribution in [2.45, 2.75) is 38.6 Å². The third kappa shape index (κ3) is 3.06. The third-order valence-corrected chi connectivity index (χ3v) is 2.52. The largest absolute Gasteiger partial charge is 0.311 e. The lowest BCUT2D eigenvalue weighted by molar-refractivity contribution is 0.268. The topological polar surface area (TPSA) is 12.0 Å². The average molecular weight is 153 g/mol. The summed E-state index contributed by atoms with van der Waals surface area (Å²) in [4.78, 5) is 0. The molecule has 0 aromatic rings. The summed E-state index contributed by atoms with van der Waals surface area (Å²) in [5.74, 6) is 1.02. The van der Waals surface area contributed by atoms with Crippen molar-refractivity contribution in [3.05, 3.63) is 12.7 Å². The van der Waals surface area contributed by atoms with E-state index in [2.05, 4.69) is 18.8 Å². The van der Waals surface area contributed by atoms with Crippen molar-refractivity contribution in [3.63, 3.8) is 0 Å². The lowest BCUT2D eigenvalue weighted by atomic mass is 9.81. The van der Waals surface area contributed by atoms with Crippen LogP contribution in [0.15, 0.2) is 12.7 Å². The van der Waals surface area contributed by atoms with Crippen LogP contribution in [0, 0.1) is 5.92 Å². The van der Waals surface area contributed by atoms with Gasteiger partial charge in [-0.15, -0.1) is 6.58 Å². The highest BCUT2D eigenvalue weighted by atomic mass is 14.9. The van der Waals surface area contributed by atoms with Gasteiger partial charge in [0.15, 0.2) is 0 Å². The zero-order valence-electron chi connectivity index (χ0n) is 7.47. The molecular weight excluding hydrogens is 134 g/mol. The van der Waals surface area contributed by atoms with Crippen LogP contribution in [0.2, 0.25) is 0 Å². The lowest BCUT2D eigenvalue weighted by Gasteiger charge is -2.28. The van der Waals surface area contributed by atoms with Gasteiger partial charge in [-0.05, 0) is 19.3 Å². The zero-order chi connectivity index (χ0) is 8.10. The maximum absolute atomic E-state index is 3.68. The summed E-state index contributed by atoms with van der Waals surface area (Å²) in [5.41, 5.74) is 0. The molecule has 64 valence electrons. The molecule has 0 saturated heterocycles. The van der Waals surface area contributed by atoms with Gasteiger partial charge < -0.3 is 5.32 Å². The summed E-state index contributed by atoms with van der Waals surface area (Å²) in [5, 5.41) is 3.41. The van der Waals surface area contributed by atoms with E-state index in [-0.39, 0.29) is 0 Å². The minimum atomic E-state index is 0.679. The fourth-order valence-electron chi connectivity index (χ4n) is 1.60. The van der Waals surface area contributed by atoms with Crippen LogP contribution in [0.25, 0.3) is 0 Å². The first-order chi connectivity index (χ1) is 5.33. The molecule has 1 atom stereocenters. The minimum Gasteiger partial charge on any atom is -0.311 e. The molecule has 0 aliphatic heterocycles. The number of nitrogens with one attached hydrogen (secondary N) is 1. The predicted octanol–water partition coefficient (Wildman–Crippen LogP) is 2.34. The summed E-state index contributed by atoms with van der Waals surface area (Å²) in [7, 11) is 0. The van der Waals surface area contributed by atoms with Gasteiger partial charge in [-0.1, -0.05) is 25.3 Å². The van der Waals surface area contributed by atoms with E-state index in [1.807, 2.05) is 6.08 Å². The van der Waals surface area contributed by atoms with Crippen molar-refractivity contribution in [1.29, 1.82) is 0 Å². The Kier molecular flexibility index (Phi) is 3.64. The van der Waals surface area contributed by atoms with E-state index in [4.69, 9.17) is 0 Å². The van der Waals surface area contributed by atoms with Gasteiger partial charge in [0.1, 0.15) is 0 Å². The predicted molar refractivity (Wildman–Crippen MR) is 49.6 cm³/mol. The van der Waals surface area contributed by atoms with E-state index in [0.29, 0.717) is 6.04 Å². The van der Waals surface area contributed by atoms with Crippen molar-refractivity contribution in [1.82, 2.24) is 5.32 Å². The molecule has 1 fully saturated rings. The highest BCUT2D eigenvalue weighted by Crippen LogP contribution is 2.30. The summed E-state index contributed by atoms with van der Waals surface area (Å²) >= 11 is 0. The molecule has 0 spiro atoms. The van der Waals surface area contributed by atoms with E-state index in [1.54, 1.807) is 0 Å². The van der Waals surface area contributed by atoms with Crippen LogP contribution in [0.5, 0.6) is 0 Å². The van der Waals surface area contributed by atoms with Crippen LogP contribution in [-0.2, 0) is 0 Å². The van der Waals surface area contributed by atoms with Crippen molar-refractivity contribution >= 4 is 0 Å². The standard InChI is InChI=1S/C10H19N/c1-3-7-11-9(2)8-10-5-4-6-10/h3,9-11H,1,4-8H2,2H3. The minimum absolute atomic E-state index is 0.679. The van der Waals surface area contributed by atoms with Crippen LogP contribution in [0.4, 0.5) is 0 Å². The molecule has 1 heteroatoms. The third-order valence-electron chi connectivity index (χ3n) is 2.52. The second-order valence-electron chi connectivity index (χ2n) is 3.63. The molecule has 0 aromatic carbocycles. The molecule has 0 heterocycles. The maximum Gasteiger partial charge on any atom is 0.0134 e. The smallest absolute Gasteiger partial charge is 0.0134 e. The second kappa shape index (κ2) is 4.55. The fourth-order valence-corrected chi connectivity index (χ4v) is 1.60. The Bertz CT molecular complexity index is 116. The van der Waals surface area contributed by atoms with E-state index >= 15 is 0 Å². The molecule has 1 saturated carbocycles. The van der Waals surface area contributed by atoms with E-state index < -0.39 is 0 Å². The first-order valence-corrected chi connectivity index (χ1v) is 4.67. The number of hydrogen-bond acceptors (Lipinski definition) is 1. The molecule has 1 aliphatic carbocycles. The van der Waals surface area contributed by atoms with Gasteiger partial charge in [-0.25, -0.2) is 0 Å². The average Bonchev–Trinajstić information content (AvgIpc) is 1.93. The summed E-state index contributed by atoms with van der Waals surface area (Å²) < 4.78 is 0. The van der Waals surface area contributed by atoms with Gasteiger partial charge in [-0.2, -0.15) is 0 Å². The van der Waals surface area contributed by atoms with Crippen LogP contribution in [0.1, 0.15) is 32.6 Å². The van der Waals surface area contributed by atoms with E-state index in [9.17, 15) is 0 Å². The normalized spacial score (nSPS) is 20.8. The molecular formula is C10H19N. The second-order valence-corrected chi connectivity index (χ2v) is 3.63. The van der Waals surface area contributed by atoms with Gasteiger partial charge in [0, 0.05) is 12.6 Å². The molecule has 0 radical (unpaired) electrons. The van der Waals surface area contributed by atoms with Gasteiger partial charge in [0.2, 0.25) is 0 Å². The Hall–Kier alpha value is -0.300. The zero-order valence-corrected chi connectivity index (χ0v) is 7.47. The Morgan fingerprint density at radius 3 is 2.82 bits per heavy atom. The quantitative estimate of drug-likeness (QED) is 0.598. The van der Waals surface area contributed by atoms with Gasteiger partial charge in [0.05, 0.1) is 0 Å². The highest BCUT2D eigenvalue weighted by Gasteiger charge is 2.19. The molecule has 1 rings (SSSR count). The van der Waals surface area contributed by atoms with Gasteiger partial charge in [0.25, 0.3) is 0 Å². The van der Waals surface area contributed by atoms with Crippen LogP contribution >= 0.6 is 0 Å². The summed E-state index contributed by atoms with van der Waals surface area (Å²) in [6.45, 7) is 6.90. The number of rotatable bonds is 5. The van der Waals surface area contributed by atoms with E-state index in [1.165, 1.54) is 25.7 Å². The molecule has 1 nitrogen and oxygen atoms in total. The molecule has 0 aromatic heterocycles. The summed E-state index contributed by atoms with van der Waals surface area (Å²) in [6, 6.07) is 0.679. The summed E-state index contributed by atoms with van der Waals surface area (Å²) in [6.07, 6.45) is 7.66. The molecule has 0 amide bonds. The molecule has 1 N–H and O–H groups in total. The molecule has 1 unspecified atom stereocenters. The van der Waals surface area contributed by atoms with E-state index in [0.717, 1.165) is 12.5 Å². The Morgan fingerprint density at radius 2 is 2.36 bits per heavy atom. The molecule has 1 aliphatic rings. The maximum atomic E-state index is 3.68.